The molecule has 1 N–H and O–H groups in total. The quantitative estimate of drug-likeness (QED) is 0.863. The van der Waals surface area contributed by atoms with Crippen LogP contribution in [0.3, 0.4) is 0 Å². The van der Waals surface area contributed by atoms with Crippen molar-refractivity contribution in [3.05, 3.63) is 18.2 Å². The summed E-state index contributed by atoms with van der Waals surface area (Å²) in [5.74, 6) is 0.661. The van der Waals surface area contributed by atoms with E-state index in [0.717, 1.165) is 31.8 Å². The van der Waals surface area contributed by atoms with Crippen molar-refractivity contribution in [2.75, 3.05) is 13.1 Å². The molecule has 0 atom stereocenters. The van der Waals surface area contributed by atoms with Gasteiger partial charge in [0.25, 0.3) is 0 Å². The molecule has 1 amide bonds. The van der Waals surface area contributed by atoms with Crippen LogP contribution >= 0.6 is 0 Å². The largest absolute Gasteiger partial charge is 0.480 e. The Morgan fingerprint density at radius 2 is 2.10 bits per heavy atom. The predicted molar refractivity (Wildman–Crippen MR) is 77.8 cm³/mol. The molecule has 2 heterocycles. The topological polar surface area (TPSA) is 75.4 Å². The van der Waals surface area contributed by atoms with Gasteiger partial charge in [0.2, 0.25) is 5.91 Å². The summed E-state index contributed by atoms with van der Waals surface area (Å²) in [6.45, 7) is 3.79. The molecular formula is C15H23N3O3. The van der Waals surface area contributed by atoms with Gasteiger partial charge < -0.3 is 14.6 Å². The molecule has 116 valence electrons. The van der Waals surface area contributed by atoms with E-state index in [0.29, 0.717) is 18.7 Å². The zero-order chi connectivity index (χ0) is 15.2. The lowest BCUT2D eigenvalue weighted by molar-refractivity contribution is -0.137. The Morgan fingerprint density at radius 1 is 1.38 bits per heavy atom. The summed E-state index contributed by atoms with van der Waals surface area (Å²) in [7, 11) is 0. The average molecular weight is 293 g/mol. The Labute approximate surface area is 124 Å². The molecule has 1 fully saturated rings. The van der Waals surface area contributed by atoms with Gasteiger partial charge in [0.1, 0.15) is 12.4 Å². The van der Waals surface area contributed by atoms with Crippen molar-refractivity contribution < 1.29 is 14.7 Å². The minimum absolute atomic E-state index is 0.106. The summed E-state index contributed by atoms with van der Waals surface area (Å²) in [5.41, 5.74) is 0. The van der Waals surface area contributed by atoms with Crippen molar-refractivity contribution in [2.45, 2.75) is 45.6 Å². The summed E-state index contributed by atoms with van der Waals surface area (Å²) in [4.78, 5) is 29.0. The van der Waals surface area contributed by atoms with Crippen LogP contribution in [0.2, 0.25) is 0 Å². The Morgan fingerprint density at radius 3 is 2.71 bits per heavy atom. The first-order valence-corrected chi connectivity index (χ1v) is 7.59. The lowest BCUT2D eigenvalue weighted by atomic mass is 9.94. The zero-order valence-electron chi connectivity index (χ0n) is 12.5. The molecule has 0 radical (unpaired) electrons. The fourth-order valence-electron chi connectivity index (χ4n) is 2.83. The van der Waals surface area contributed by atoms with Crippen LogP contribution in [0.5, 0.6) is 0 Å². The molecule has 6 heteroatoms. The molecule has 1 aliphatic heterocycles. The number of carboxylic acid groups (broad SMARTS) is 1. The third-order valence-electron chi connectivity index (χ3n) is 4.21. The van der Waals surface area contributed by atoms with Crippen molar-refractivity contribution >= 4 is 11.9 Å². The van der Waals surface area contributed by atoms with E-state index < -0.39 is 5.97 Å². The van der Waals surface area contributed by atoms with E-state index in [-0.39, 0.29) is 12.5 Å². The van der Waals surface area contributed by atoms with E-state index >= 15 is 0 Å². The van der Waals surface area contributed by atoms with Crippen LogP contribution < -0.4 is 0 Å². The van der Waals surface area contributed by atoms with Crippen molar-refractivity contribution in [3.8, 4) is 0 Å². The number of rotatable bonds is 6. The van der Waals surface area contributed by atoms with Crippen LogP contribution in [0.15, 0.2) is 12.4 Å². The number of amides is 1. The molecule has 1 aromatic heterocycles. The highest BCUT2D eigenvalue weighted by Gasteiger charge is 2.21. The Bertz CT molecular complexity index is 490. The van der Waals surface area contributed by atoms with Gasteiger partial charge in [-0.25, -0.2) is 4.98 Å². The Kier molecular flexibility index (Phi) is 5.36. The fourth-order valence-corrected chi connectivity index (χ4v) is 2.83. The summed E-state index contributed by atoms with van der Waals surface area (Å²) >= 11 is 0. The van der Waals surface area contributed by atoms with Crippen LogP contribution in [0.25, 0.3) is 0 Å². The normalized spacial score (nSPS) is 16.1. The van der Waals surface area contributed by atoms with Crippen LogP contribution in [-0.4, -0.2) is 44.5 Å². The SMILES string of the molecule is CCC1CCN(C(=O)CCc2nccn2CC(=O)O)CC1. The van der Waals surface area contributed by atoms with Gasteiger partial charge in [0.15, 0.2) is 0 Å². The number of hydrogen-bond donors (Lipinski definition) is 1. The molecule has 0 saturated carbocycles. The number of aryl methyl sites for hydroxylation is 1. The zero-order valence-corrected chi connectivity index (χ0v) is 12.5. The van der Waals surface area contributed by atoms with Crippen molar-refractivity contribution in [2.24, 2.45) is 5.92 Å². The highest BCUT2D eigenvalue weighted by atomic mass is 16.4. The highest BCUT2D eigenvalue weighted by molar-refractivity contribution is 5.76. The lowest BCUT2D eigenvalue weighted by Crippen LogP contribution is -2.38. The molecule has 21 heavy (non-hydrogen) atoms. The molecule has 6 nitrogen and oxygen atoms in total. The molecule has 1 saturated heterocycles. The number of carbonyl (C=O) groups is 2. The Balaban J connectivity index is 1.82. The second kappa shape index (κ2) is 7.24. The van der Waals surface area contributed by atoms with Gasteiger partial charge in [-0.2, -0.15) is 0 Å². The van der Waals surface area contributed by atoms with Crippen LogP contribution in [0, 0.1) is 5.92 Å². The van der Waals surface area contributed by atoms with Crippen LogP contribution in [0.1, 0.15) is 38.4 Å². The standard InChI is InChI=1S/C15H23N3O3/c1-2-12-5-8-17(9-6-12)14(19)4-3-13-16-7-10-18(13)11-15(20)21/h7,10,12H,2-6,8-9,11H2,1H3,(H,20,21). The molecule has 0 aliphatic carbocycles. The molecule has 2 rings (SSSR count). The van der Waals surface area contributed by atoms with Gasteiger partial charge in [-0.3, -0.25) is 9.59 Å². The number of nitrogens with zero attached hydrogens (tertiary/aromatic N) is 3. The first-order chi connectivity index (χ1) is 10.1. The monoisotopic (exact) mass is 293 g/mol. The van der Waals surface area contributed by atoms with Crippen LogP contribution in [-0.2, 0) is 22.6 Å². The smallest absolute Gasteiger partial charge is 0.323 e. The van der Waals surface area contributed by atoms with Gasteiger partial charge in [0.05, 0.1) is 0 Å². The number of carboxylic acids is 1. The van der Waals surface area contributed by atoms with Crippen molar-refractivity contribution in [1.82, 2.24) is 14.5 Å². The van der Waals surface area contributed by atoms with Gasteiger partial charge in [-0.15, -0.1) is 0 Å². The van der Waals surface area contributed by atoms with E-state index in [4.69, 9.17) is 5.11 Å². The van der Waals surface area contributed by atoms with Crippen molar-refractivity contribution in [1.29, 1.82) is 0 Å². The van der Waals surface area contributed by atoms with E-state index in [9.17, 15) is 9.59 Å². The summed E-state index contributed by atoms with van der Waals surface area (Å²) < 4.78 is 1.58. The maximum atomic E-state index is 12.2. The predicted octanol–water partition coefficient (Wildman–Crippen LogP) is 1.55. The molecule has 0 aromatic carbocycles. The number of likely N-dealkylation sites (tertiary alicyclic amines) is 1. The molecule has 1 aromatic rings. The van der Waals surface area contributed by atoms with E-state index in [1.54, 1.807) is 17.0 Å². The second-order valence-corrected chi connectivity index (χ2v) is 5.60. The number of aromatic nitrogens is 2. The fraction of sp³-hybridized carbons (Fsp3) is 0.667. The first-order valence-electron chi connectivity index (χ1n) is 7.59. The third-order valence-corrected chi connectivity index (χ3v) is 4.21. The van der Waals surface area contributed by atoms with Gasteiger partial charge >= 0.3 is 5.97 Å². The average Bonchev–Trinajstić information content (AvgIpc) is 2.91. The minimum Gasteiger partial charge on any atom is -0.480 e. The van der Waals surface area contributed by atoms with Gasteiger partial charge in [-0.05, 0) is 18.8 Å². The van der Waals surface area contributed by atoms with Crippen molar-refractivity contribution in [3.63, 3.8) is 0 Å². The van der Waals surface area contributed by atoms with Gasteiger partial charge in [-0.1, -0.05) is 13.3 Å². The third kappa shape index (κ3) is 4.31. The maximum Gasteiger partial charge on any atom is 0.323 e. The first kappa shape index (κ1) is 15.5. The minimum atomic E-state index is -0.901. The van der Waals surface area contributed by atoms with Gasteiger partial charge in [0, 0.05) is 38.3 Å². The van der Waals surface area contributed by atoms with E-state index in [1.807, 2.05) is 4.90 Å². The van der Waals surface area contributed by atoms with E-state index in [1.165, 1.54) is 6.42 Å². The highest BCUT2D eigenvalue weighted by Crippen LogP contribution is 2.20. The second-order valence-electron chi connectivity index (χ2n) is 5.60. The molecule has 0 unspecified atom stereocenters. The molecular weight excluding hydrogens is 270 g/mol. The molecule has 0 bridgehead atoms. The summed E-state index contributed by atoms with van der Waals surface area (Å²) in [6, 6.07) is 0. The lowest BCUT2D eigenvalue weighted by Gasteiger charge is -2.31. The number of hydrogen-bond acceptors (Lipinski definition) is 3. The molecule has 1 aliphatic rings. The maximum absolute atomic E-state index is 12.2. The molecule has 0 spiro atoms. The van der Waals surface area contributed by atoms with Crippen LogP contribution in [0.4, 0.5) is 0 Å². The number of piperidine rings is 1. The number of imidazole rings is 1. The van der Waals surface area contributed by atoms with E-state index in [2.05, 4.69) is 11.9 Å². The Hall–Kier alpha value is -1.85. The number of aliphatic carboxylic acids is 1. The number of carbonyl (C=O) groups excluding carboxylic acids is 1. The summed E-state index contributed by atoms with van der Waals surface area (Å²) in [5, 5.41) is 8.82. The summed E-state index contributed by atoms with van der Waals surface area (Å²) in [6.07, 6.45) is 7.48.